The van der Waals surface area contributed by atoms with Gasteiger partial charge >= 0.3 is 0 Å². The third-order valence-electron chi connectivity index (χ3n) is 2.01. The molecule has 0 radical (unpaired) electrons. The molecule has 1 heterocycles. The van der Waals surface area contributed by atoms with Crippen LogP contribution in [0.1, 0.15) is 0 Å². The summed E-state index contributed by atoms with van der Waals surface area (Å²) < 4.78 is 5.35. The number of pyridine rings is 1. The molecule has 82 valence electrons. The summed E-state index contributed by atoms with van der Waals surface area (Å²) in [4.78, 5) is 3.93. The molecule has 0 bridgehead atoms. The molecule has 0 atom stereocenters. The van der Waals surface area contributed by atoms with E-state index in [4.69, 9.17) is 16.2 Å². The molecule has 0 saturated carbocycles. The lowest BCUT2D eigenvalue weighted by Gasteiger charge is -2.07. The van der Waals surface area contributed by atoms with Crippen LogP contribution in [0.25, 0.3) is 0 Å². The molecule has 0 amide bonds. The van der Waals surface area contributed by atoms with Gasteiger partial charge in [0.15, 0.2) is 17.3 Å². The minimum atomic E-state index is 0.0414. The summed E-state index contributed by atoms with van der Waals surface area (Å²) in [6.45, 7) is 0. The molecule has 0 aliphatic carbocycles. The molecule has 0 saturated heterocycles. The lowest BCUT2D eigenvalue weighted by molar-refractivity contribution is 0.403. The third kappa shape index (κ3) is 1.98. The first-order valence-electron chi connectivity index (χ1n) is 4.64. The van der Waals surface area contributed by atoms with Gasteiger partial charge in [0, 0.05) is 6.07 Å². The monoisotopic (exact) mass is 217 g/mol. The van der Waals surface area contributed by atoms with Crippen molar-refractivity contribution in [2.75, 3.05) is 11.5 Å². The zero-order chi connectivity index (χ0) is 11.5. The molecule has 1 aromatic carbocycles. The molecule has 2 rings (SSSR count). The summed E-state index contributed by atoms with van der Waals surface area (Å²) in [6.07, 6.45) is 0. The number of benzene rings is 1. The normalized spacial score (nSPS) is 10.0. The maximum Gasteiger partial charge on any atom is 0.221 e. The van der Waals surface area contributed by atoms with Gasteiger partial charge in [-0.3, -0.25) is 0 Å². The summed E-state index contributed by atoms with van der Waals surface area (Å²) in [5, 5.41) is 9.49. The van der Waals surface area contributed by atoms with Crippen molar-refractivity contribution in [2.45, 2.75) is 0 Å². The van der Waals surface area contributed by atoms with Crippen molar-refractivity contribution < 1.29 is 9.84 Å². The average molecular weight is 217 g/mol. The fourth-order valence-electron chi connectivity index (χ4n) is 1.18. The van der Waals surface area contributed by atoms with Gasteiger partial charge in [-0.1, -0.05) is 12.1 Å². The lowest BCUT2D eigenvalue weighted by Crippen LogP contribution is -1.98. The average Bonchev–Trinajstić information content (AvgIpc) is 2.27. The van der Waals surface area contributed by atoms with E-state index in [-0.39, 0.29) is 17.4 Å². The molecule has 1 aromatic heterocycles. The number of para-hydroxylation sites is 2. The number of nitrogens with two attached hydrogens (primary N) is 2. The van der Waals surface area contributed by atoms with E-state index in [0.29, 0.717) is 11.4 Å². The smallest absolute Gasteiger partial charge is 0.221 e. The van der Waals surface area contributed by atoms with E-state index in [1.165, 1.54) is 6.07 Å². The first-order valence-corrected chi connectivity index (χ1v) is 4.64. The fourth-order valence-corrected chi connectivity index (χ4v) is 1.18. The van der Waals surface area contributed by atoms with Gasteiger partial charge < -0.3 is 21.3 Å². The van der Waals surface area contributed by atoms with E-state index in [0.717, 1.165) is 0 Å². The van der Waals surface area contributed by atoms with Crippen LogP contribution in [0, 0.1) is 0 Å². The van der Waals surface area contributed by atoms with Crippen LogP contribution in [-0.4, -0.2) is 10.1 Å². The van der Waals surface area contributed by atoms with Gasteiger partial charge in [-0.15, -0.1) is 0 Å². The number of nitrogen functional groups attached to an aromatic ring is 2. The molecular weight excluding hydrogens is 206 g/mol. The predicted molar refractivity (Wildman–Crippen MR) is 61.2 cm³/mol. The molecule has 5 heteroatoms. The van der Waals surface area contributed by atoms with E-state index in [1.807, 2.05) is 0 Å². The van der Waals surface area contributed by atoms with Crippen molar-refractivity contribution in [3.8, 4) is 17.4 Å². The summed E-state index contributed by atoms with van der Waals surface area (Å²) >= 11 is 0. The van der Waals surface area contributed by atoms with Crippen molar-refractivity contribution in [1.82, 2.24) is 4.98 Å². The molecule has 0 spiro atoms. The van der Waals surface area contributed by atoms with Crippen molar-refractivity contribution in [1.29, 1.82) is 0 Å². The number of ether oxygens (including phenoxy) is 1. The maximum atomic E-state index is 9.49. The van der Waals surface area contributed by atoms with E-state index in [9.17, 15) is 5.11 Å². The minimum absolute atomic E-state index is 0.0414. The van der Waals surface area contributed by atoms with Crippen molar-refractivity contribution in [3.05, 3.63) is 36.4 Å². The Kier molecular flexibility index (Phi) is 2.51. The lowest BCUT2D eigenvalue weighted by atomic mass is 10.3. The number of hydrogen-bond donors (Lipinski definition) is 3. The SMILES string of the molecule is Nc1ccc(Oc2ccccc2O)nc1N. The Labute approximate surface area is 92.3 Å². The van der Waals surface area contributed by atoms with Gasteiger partial charge in [0.2, 0.25) is 5.88 Å². The van der Waals surface area contributed by atoms with Gasteiger partial charge in [-0.2, -0.15) is 4.98 Å². The second-order valence-electron chi connectivity index (χ2n) is 3.19. The number of anilines is 2. The van der Waals surface area contributed by atoms with Crippen LogP contribution in [0.2, 0.25) is 0 Å². The number of aromatic nitrogens is 1. The number of nitrogens with zero attached hydrogens (tertiary/aromatic N) is 1. The van der Waals surface area contributed by atoms with E-state index >= 15 is 0 Å². The van der Waals surface area contributed by atoms with Crippen LogP contribution in [0.5, 0.6) is 17.4 Å². The highest BCUT2D eigenvalue weighted by molar-refractivity contribution is 5.59. The topological polar surface area (TPSA) is 94.4 Å². The highest BCUT2D eigenvalue weighted by atomic mass is 16.5. The highest BCUT2D eigenvalue weighted by Gasteiger charge is 2.05. The largest absolute Gasteiger partial charge is 0.504 e. The Morgan fingerprint density at radius 3 is 2.50 bits per heavy atom. The highest BCUT2D eigenvalue weighted by Crippen LogP contribution is 2.29. The second-order valence-corrected chi connectivity index (χ2v) is 3.19. The molecule has 0 unspecified atom stereocenters. The number of rotatable bonds is 2. The van der Waals surface area contributed by atoms with Crippen molar-refractivity contribution in [3.63, 3.8) is 0 Å². The number of hydrogen-bond acceptors (Lipinski definition) is 5. The van der Waals surface area contributed by atoms with Crippen LogP contribution in [0.3, 0.4) is 0 Å². The molecular formula is C11H11N3O2. The second kappa shape index (κ2) is 3.98. The van der Waals surface area contributed by atoms with E-state index < -0.39 is 0 Å². The molecule has 0 aliphatic rings. The van der Waals surface area contributed by atoms with Crippen molar-refractivity contribution >= 4 is 11.5 Å². The standard InChI is InChI=1S/C11H11N3O2/c12-7-5-6-10(14-11(7)13)16-9-4-2-1-3-8(9)15/h1-6,15H,12H2,(H2,13,14). The predicted octanol–water partition coefficient (Wildman–Crippen LogP) is 1.74. The van der Waals surface area contributed by atoms with Gasteiger partial charge in [-0.05, 0) is 18.2 Å². The Morgan fingerprint density at radius 1 is 1.06 bits per heavy atom. The number of aromatic hydroxyl groups is 1. The molecule has 5 nitrogen and oxygen atoms in total. The third-order valence-corrected chi connectivity index (χ3v) is 2.01. The van der Waals surface area contributed by atoms with Crippen molar-refractivity contribution in [2.24, 2.45) is 0 Å². The van der Waals surface area contributed by atoms with Gasteiger partial charge in [0.05, 0.1) is 5.69 Å². The fraction of sp³-hybridized carbons (Fsp3) is 0. The molecule has 2 aromatic rings. The number of phenolic OH excluding ortho intramolecular Hbond substituents is 1. The zero-order valence-corrected chi connectivity index (χ0v) is 8.42. The Bertz CT molecular complexity index is 514. The quantitative estimate of drug-likeness (QED) is 0.712. The van der Waals surface area contributed by atoms with Crippen LogP contribution >= 0.6 is 0 Å². The number of phenols is 1. The molecule has 5 N–H and O–H groups in total. The minimum Gasteiger partial charge on any atom is -0.504 e. The van der Waals surface area contributed by atoms with Crippen LogP contribution < -0.4 is 16.2 Å². The van der Waals surface area contributed by atoms with Gasteiger partial charge in [-0.25, -0.2) is 0 Å². The first-order chi connectivity index (χ1) is 7.66. The zero-order valence-electron chi connectivity index (χ0n) is 8.42. The summed E-state index contributed by atoms with van der Waals surface area (Å²) in [5.74, 6) is 0.847. The van der Waals surface area contributed by atoms with Gasteiger partial charge in [0.25, 0.3) is 0 Å². The molecule has 0 fully saturated rings. The summed E-state index contributed by atoms with van der Waals surface area (Å²) in [7, 11) is 0. The van der Waals surface area contributed by atoms with Crippen LogP contribution in [0.4, 0.5) is 11.5 Å². The summed E-state index contributed by atoms with van der Waals surface area (Å²) in [6, 6.07) is 9.78. The Morgan fingerprint density at radius 2 is 1.81 bits per heavy atom. The summed E-state index contributed by atoms with van der Waals surface area (Å²) in [5.41, 5.74) is 11.4. The van der Waals surface area contributed by atoms with E-state index in [2.05, 4.69) is 4.98 Å². The molecule has 0 aliphatic heterocycles. The Balaban J connectivity index is 2.28. The van der Waals surface area contributed by atoms with Crippen LogP contribution in [-0.2, 0) is 0 Å². The Hall–Kier alpha value is -2.43. The van der Waals surface area contributed by atoms with E-state index in [1.54, 1.807) is 30.3 Å². The van der Waals surface area contributed by atoms with Crippen LogP contribution in [0.15, 0.2) is 36.4 Å². The van der Waals surface area contributed by atoms with Gasteiger partial charge in [0.1, 0.15) is 0 Å². The molecule has 16 heavy (non-hydrogen) atoms. The first kappa shape index (κ1) is 10.1. The maximum absolute atomic E-state index is 9.49.